The number of amides is 1. The lowest BCUT2D eigenvalue weighted by atomic mass is 10.1. The van der Waals surface area contributed by atoms with E-state index in [9.17, 15) is 4.79 Å². The Morgan fingerprint density at radius 1 is 1.43 bits per heavy atom. The van der Waals surface area contributed by atoms with Crippen LogP contribution in [0.4, 0.5) is 5.82 Å². The van der Waals surface area contributed by atoms with E-state index >= 15 is 0 Å². The smallest absolute Gasteiger partial charge is 0.258 e. The standard InChI is InChI=1S/C14H20N6O/c1-4-19-9-10(7-16-19)12-5-6-15-13-11(8-17-20(12)13)14(21)18(2)3/h7-9,12,15H,4-6H2,1-3H3. The van der Waals surface area contributed by atoms with Crippen LogP contribution in [0, 0.1) is 0 Å². The van der Waals surface area contributed by atoms with E-state index in [0.717, 1.165) is 30.9 Å². The Morgan fingerprint density at radius 3 is 2.90 bits per heavy atom. The van der Waals surface area contributed by atoms with Gasteiger partial charge in [0.25, 0.3) is 5.91 Å². The van der Waals surface area contributed by atoms with Gasteiger partial charge in [-0.15, -0.1) is 0 Å². The lowest BCUT2D eigenvalue weighted by Gasteiger charge is -2.25. The number of carbonyl (C=O) groups is 1. The van der Waals surface area contributed by atoms with Crippen molar-refractivity contribution in [2.24, 2.45) is 0 Å². The van der Waals surface area contributed by atoms with Crippen molar-refractivity contribution in [2.45, 2.75) is 25.9 Å². The number of hydrogen-bond acceptors (Lipinski definition) is 4. The Morgan fingerprint density at radius 2 is 2.24 bits per heavy atom. The molecule has 0 aromatic carbocycles. The summed E-state index contributed by atoms with van der Waals surface area (Å²) in [7, 11) is 3.50. The summed E-state index contributed by atoms with van der Waals surface area (Å²) in [6, 6.07) is 0.130. The van der Waals surface area contributed by atoms with E-state index in [1.807, 2.05) is 15.6 Å². The molecule has 0 spiro atoms. The normalized spacial score (nSPS) is 17.2. The maximum Gasteiger partial charge on any atom is 0.258 e. The zero-order chi connectivity index (χ0) is 15.0. The van der Waals surface area contributed by atoms with Crippen LogP contribution in [0.5, 0.6) is 0 Å². The van der Waals surface area contributed by atoms with Crippen LogP contribution < -0.4 is 5.32 Å². The second-order valence-corrected chi connectivity index (χ2v) is 5.41. The topological polar surface area (TPSA) is 68.0 Å². The molecule has 0 aliphatic carbocycles. The minimum absolute atomic E-state index is 0.0337. The minimum Gasteiger partial charge on any atom is -0.369 e. The molecule has 2 aromatic heterocycles. The first-order valence-electron chi connectivity index (χ1n) is 7.17. The average molecular weight is 288 g/mol. The zero-order valence-corrected chi connectivity index (χ0v) is 12.6. The predicted molar refractivity (Wildman–Crippen MR) is 79.4 cm³/mol. The van der Waals surface area contributed by atoms with E-state index in [-0.39, 0.29) is 11.9 Å². The molecule has 1 amide bonds. The molecule has 3 rings (SSSR count). The van der Waals surface area contributed by atoms with Crippen molar-refractivity contribution in [1.29, 1.82) is 0 Å². The van der Waals surface area contributed by atoms with Crippen LogP contribution in [0.1, 0.15) is 35.3 Å². The van der Waals surface area contributed by atoms with Gasteiger partial charge in [0.2, 0.25) is 0 Å². The van der Waals surface area contributed by atoms with Gasteiger partial charge in [0.1, 0.15) is 11.4 Å². The van der Waals surface area contributed by atoms with Crippen LogP contribution in [0.3, 0.4) is 0 Å². The maximum absolute atomic E-state index is 12.2. The molecule has 1 N–H and O–H groups in total. The van der Waals surface area contributed by atoms with E-state index in [0.29, 0.717) is 5.56 Å². The largest absolute Gasteiger partial charge is 0.369 e. The lowest BCUT2D eigenvalue weighted by Crippen LogP contribution is -2.27. The fourth-order valence-electron chi connectivity index (χ4n) is 2.65. The van der Waals surface area contributed by atoms with Crippen molar-refractivity contribution in [3.8, 4) is 0 Å². The molecular formula is C14H20N6O. The monoisotopic (exact) mass is 288 g/mol. The second-order valence-electron chi connectivity index (χ2n) is 5.41. The van der Waals surface area contributed by atoms with Crippen molar-refractivity contribution in [2.75, 3.05) is 26.0 Å². The molecule has 0 fully saturated rings. The molecule has 7 heteroatoms. The van der Waals surface area contributed by atoms with Gasteiger partial charge in [-0.25, -0.2) is 4.68 Å². The van der Waals surface area contributed by atoms with Gasteiger partial charge in [0.15, 0.2) is 0 Å². The molecule has 0 bridgehead atoms. The van der Waals surface area contributed by atoms with E-state index in [1.165, 1.54) is 0 Å². The number of fused-ring (bicyclic) bond motifs is 1. The third kappa shape index (κ3) is 2.28. The van der Waals surface area contributed by atoms with Crippen LogP contribution in [-0.4, -0.2) is 51.0 Å². The van der Waals surface area contributed by atoms with Crippen LogP contribution >= 0.6 is 0 Å². The second kappa shape index (κ2) is 5.23. The van der Waals surface area contributed by atoms with Crippen molar-refractivity contribution in [3.05, 3.63) is 29.7 Å². The molecule has 7 nitrogen and oxygen atoms in total. The number of anilines is 1. The number of aromatic nitrogens is 4. The highest BCUT2D eigenvalue weighted by Crippen LogP contribution is 2.31. The number of rotatable bonds is 3. The molecule has 0 radical (unpaired) electrons. The molecule has 2 aromatic rings. The summed E-state index contributed by atoms with van der Waals surface area (Å²) in [5.74, 6) is 0.767. The third-order valence-corrected chi connectivity index (χ3v) is 3.80. The molecule has 0 saturated heterocycles. The summed E-state index contributed by atoms with van der Waals surface area (Å²) in [5.41, 5.74) is 1.75. The van der Waals surface area contributed by atoms with Gasteiger partial charge in [-0.1, -0.05) is 0 Å². The van der Waals surface area contributed by atoms with Gasteiger partial charge in [0.05, 0.1) is 18.4 Å². The number of nitrogens with zero attached hydrogens (tertiary/aromatic N) is 5. The van der Waals surface area contributed by atoms with Gasteiger partial charge in [-0.3, -0.25) is 9.48 Å². The number of hydrogen-bond donors (Lipinski definition) is 1. The van der Waals surface area contributed by atoms with Crippen LogP contribution in [0.25, 0.3) is 0 Å². The lowest BCUT2D eigenvalue weighted by molar-refractivity contribution is 0.0828. The van der Waals surface area contributed by atoms with Crippen LogP contribution in [0.2, 0.25) is 0 Å². The van der Waals surface area contributed by atoms with E-state index in [2.05, 4.69) is 28.6 Å². The average Bonchev–Trinajstić information content (AvgIpc) is 3.12. The number of nitrogens with one attached hydrogen (secondary N) is 1. The number of carbonyl (C=O) groups excluding carboxylic acids is 1. The highest BCUT2D eigenvalue weighted by atomic mass is 16.2. The fraction of sp³-hybridized carbons (Fsp3) is 0.500. The van der Waals surface area contributed by atoms with Gasteiger partial charge in [-0.05, 0) is 13.3 Å². The number of aryl methyl sites for hydroxylation is 1. The molecule has 1 atom stereocenters. The van der Waals surface area contributed by atoms with Crippen LogP contribution in [-0.2, 0) is 6.54 Å². The summed E-state index contributed by atoms with van der Waals surface area (Å²) in [4.78, 5) is 13.8. The van der Waals surface area contributed by atoms with Crippen molar-refractivity contribution >= 4 is 11.7 Å². The molecule has 3 heterocycles. The predicted octanol–water partition coefficient (Wildman–Crippen LogP) is 1.21. The molecule has 1 aliphatic rings. The van der Waals surface area contributed by atoms with Gasteiger partial charge in [0, 0.05) is 38.9 Å². The molecule has 0 saturated carbocycles. The maximum atomic E-state index is 12.2. The fourth-order valence-corrected chi connectivity index (χ4v) is 2.65. The van der Waals surface area contributed by atoms with E-state index in [4.69, 9.17) is 0 Å². The molecule has 1 unspecified atom stereocenters. The Labute approximate surface area is 123 Å². The molecule has 1 aliphatic heterocycles. The molecular weight excluding hydrogens is 268 g/mol. The Kier molecular flexibility index (Phi) is 3.40. The van der Waals surface area contributed by atoms with Gasteiger partial charge >= 0.3 is 0 Å². The Hall–Kier alpha value is -2.31. The summed E-state index contributed by atoms with van der Waals surface area (Å²) in [6.07, 6.45) is 6.51. The van der Waals surface area contributed by atoms with E-state index in [1.54, 1.807) is 25.2 Å². The summed E-state index contributed by atoms with van der Waals surface area (Å²) < 4.78 is 3.81. The van der Waals surface area contributed by atoms with Gasteiger partial charge < -0.3 is 10.2 Å². The highest BCUT2D eigenvalue weighted by molar-refractivity contribution is 5.98. The van der Waals surface area contributed by atoms with Gasteiger partial charge in [-0.2, -0.15) is 10.2 Å². The highest BCUT2D eigenvalue weighted by Gasteiger charge is 2.28. The quantitative estimate of drug-likeness (QED) is 0.921. The first-order chi connectivity index (χ1) is 10.1. The minimum atomic E-state index is -0.0337. The first-order valence-corrected chi connectivity index (χ1v) is 7.17. The molecule has 21 heavy (non-hydrogen) atoms. The summed E-state index contributed by atoms with van der Waals surface area (Å²) in [5, 5.41) is 12.0. The summed E-state index contributed by atoms with van der Waals surface area (Å²) >= 11 is 0. The van der Waals surface area contributed by atoms with Crippen LogP contribution in [0.15, 0.2) is 18.6 Å². The zero-order valence-electron chi connectivity index (χ0n) is 12.6. The molecule has 112 valence electrons. The van der Waals surface area contributed by atoms with Crippen molar-refractivity contribution < 1.29 is 4.79 Å². The summed E-state index contributed by atoms with van der Waals surface area (Å²) in [6.45, 7) is 3.73. The van der Waals surface area contributed by atoms with Crippen molar-refractivity contribution in [1.82, 2.24) is 24.5 Å². The first kappa shape index (κ1) is 13.7. The Balaban J connectivity index is 1.97. The van der Waals surface area contributed by atoms with E-state index < -0.39 is 0 Å². The third-order valence-electron chi connectivity index (χ3n) is 3.80. The Bertz CT molecular complexity index is 656. The van der Waals surface area contributed by atoms with Crippen molar-refractivity contribution in [3.63, 3.8) is 0 Å². The SMILES string of the molecule is CCn1cc(C2CCNc3c(C(=O)N(C)C)cnn32)cn1.